The first-order valence-corrected chi connectivity index (χ1v) is 10.5. The molecule has 8 nitrogen and oxygen atoms in total. The number of methoxy groups -OCH3 is 2. The van der Waals surface area contributed by atoms with Crippen LogP contribution in [0.15, 0.2) is 12.1 Å². The molecule has 1 saturated heterocycles. The maximum Gasteiger partial charge on any atom is 0.325 e. The van der Waals surface area contributed by atoms with Crippen molar-refractivity contribution in [2.45, 2.75) is 51.1 Å². The molecule has 4 amide bonds. The number of imide groups is 1. The molecule has 1 aliphatic carbocycles. The number of hydrogen-bond acceptors (Lipinski definition) is 5. The van der Waals surface area contributed by atoms with Crippen LogP contribution in [0.5, 0.6) is 11.5 Å². The van der Waals surface area contributed by atoms with Crippen molar-refractivity contribution >= 4 is 17.8 Å². The van der Waals surface area contributed by atoms with Crippen molar-refractivity contribution in [3.63, 3.8) is 0 Å². The molecule has 30 heavy (non-hydrogen) atoms. The van der Waals surface area contributed by atoms with Crippen molar-refractivity contribution in [1.82, 2.24) is 15.1 Å². The maximum absolute atomic E-state index is 13.1. The summed E-state index contributed by atoms with van der Waals surface area (Å²) in [5.74, 6) is 0.888. The molecule has 1 aromatic rings. The van der Waals surface area contributed by atoms with Crippen molar-refractivity contribution < 1.29 is 23.9 Å². The lowest BCUT2D eigenvalue weighted by atomic mass is 9.73. The fraction of sp³-hybridized carbons (Fsp3) is 0.591. The summed E-state index contributed by atoms with van der Waals surface area (Å²) in [5, 5.41) is 2.91. The fourth-order valence-electron chi connectivity index (χ4n) is 4.97. The minimum Gasteiger partial charge on any atom is -0.493 e. The van der Waals surface area contributed by atoms with Crippen molar-refractivity contribution in [3.05, 3.63) is 23.3 Å². The monoisotopic (exact) mass is 415 g/mol. The number of fused-ring (bicyclic) bond motifs is 1. The Labute approximate surface area is 176 Å². The Morgan fingerprint density at radius 3 is 2.53 bits per heavy atom. The van der Waals surface area contributed by atoms with Gasteiger partial charge < -0.3 is 19.7 Å². The average molecular weight is 415 g/mol. The van der Waals surface area contributed by atoms with Gasteiger partial charge in [-0.1, -0.05) is 19.8 Å². The predicted octanol–water partition coefficient (Wildman–Crippen LogP) is 2.09. The van der Waals surface area contributed by atoms with E-state index >= 15 is 0 Å². The highest BCUT2D eigenvalue weighted by molar-refractivity contribution is 6.09. The summed E-state index contributed by atoms with van der Waals surface area (Å²) in [4.78, 5) is 41.5. The summed E-state index contributed by atoms with van der Waals surface area (Å²) in [6, 6.07) is 3.38. The lowest BCUT2D eigenvalue weighted by Crippen LogP contribution is -2.54. The zero-order chi connectivity index (χ0) is 21.5. The number of carbonyl (C=O) groups excluding carboxylic acids is 3. The maximum atomic E-state index is 13.1. The number of urea groups is 1. The van der Waals surface area contributed by atoms with Gasteiger partial charge in [-0.05, 0) is 48.4 Å². The summed E-state index contributed by atoms with van der Waals surface area (Å²) in [6.07, 6.45) is 4.20. The van der Waals surface area contributed by atoms with Crippen LogP contribution in [0, 0.1) is 5.92 Å². The number of carbonyl (C=O) groups is 3. The molecular weight excluding hydrogens is 386 g/mol. The largest absolute Gasteiger partial charge is 0.493 e. The second-order valence-corrected chi connectivity index (χ2v) is 8.48. The van der Waals surface area contributed by atoms with Crippen molar-refractivity contribution in [2.75, 3.05) is 27.3 Å². The fourth-order valence-corrected chi connectivity index (χ4v) is 4.97. The molecule has 2 aliphatic heterocycles. The van der Waals surface area contributed by atoms with Gasteiger partial charge >= 0.3 is 6.03 Å². The Bertz CT molecular complexity index is 886. The van der Waals surface area contributed by atoms with Gasteiger partial charge in [-0.15, -0.1) is 0 Å². The first kappa shape index (κ1) is 20.5. The Morgan fingerprint density at radius 2 is 1.87 bits per heavy atom. The van der Waals surface area contributed by atoms with Crippen LogP contribution in [0.2, 0.25) is 0 Å². The summed E-state index contributed by atoms with van der Waals surface area (Å²) in [7, 11) is 3.18. The Balaban J connectivity index is 1.47. The van der Waals surface area contributed by atoms with Gasteiger partial charge in [0.15, 0.2) is 11.5 Å². The lowest BCUT2D eigenvalue weighted by Gasteiger charge is -2.37. The highest BCUT2D eigenvalue weighted by Crippen LogP contribution is 2.38. The Kier molecular flexibility index (Phi) is 5.34. The summed E-state index contributed by atoms with van der Waals surface area (Å²) >= 11 is 0. The quantitative estimate of drug-likeness (QED) is 0.761. The molecule has 1 saturated carbocycles. The molecule has 1 spiro atoms. The van der Waals surface area contributed by atoms with E-state index in [9.17, 15) is 14.4 Å². The summed E-state index contributed by atoms with van der Waals surface area (Å²) in [6.45, 7) is 2.74. The number of amides is 4. The molecule has 162 valence electrons. The smallest absolute Gasteiger partial charge is 0.325 e. The summed E-state index contributed by atoms with van der Waals surface area (Å²) in [5.41, 5.74) is 1.26. The number of rotatable bonds is 4. The normalized spacial score (nSPS) is 25.9. The Morgan fingerprint density at radius 1 is 1.17 bits per heavy atom. The minimum absolute atomic E-state index is 0.0760. The molecule has 0 unspecified atom stereocenters. The van der Waals surface area contributed by atoms with Gasteiger partial charge in [0.2, 0.25) is 5.91 Å². The van der Waals surface area contributed by atoms with Crippen LogP contribution in [-0.4, -0.2) is 60.5 Å². The van der Waals surface area contributed by atoms with Gasteiger partial charge in [-0.2, -0.15) is 0 Å². The van der Waals surface area contributed by atoms with Crippen LogP contribution in [-0.2, 0) is 22.6 Å². The number of hydrogen-bond donors (Lipinski definition) is 1. The number of benzene rings is 1. The van der Waals surface area contributed by atoms with E-state index in [0.717, 1.165) is 35.3 Å². The number of ether oxygens (including phenoxy) is 2. The zero-order valence-corrected chi connectivity index (χ0v) is 17.8. The third-order valence-corrected chi connectivity index (χ3v) is 6.87. The van der Waals surface area contributed by atoms with E-state index in [1.807, 2.05) is 19.1 Å². The first-order valence-electron chi connectivity index (χ1n) is 10.5. The van der Waals surface area contributed by atoms with E-state index < -0.39 is 11.6 Å². The average Bonchev–Trinajstić information content (AvgIpc) is 2.99. The topological polar surface area (TPSA) is 88.2 Å². The molecule has 1 aromatic carbocycles. The predicted molar refractivity (Wildman–Crippen MR) is 109 cm³/mol. The van der Waals surface area contributed by atoms with Gasteiger partial charge in [-0.25, -0.2) is 4.79 Å². The third-order valence-electron chi connectivity index (χ3n) is 6.87. The Hall–Kier alpha value is -2.77. The van der Waals surface area contributed by atoms with Crippen LogP contribution < -0.4 is 14.8 Å². The molecule has 8 heteroatoms. The van der Waals surface area contributed by atoms with Crippen molar-refractivity contribution in [2.24, 2.45) is 5.92 Å². The molecule has 2 heterocycles. The summed E-state index contributed by atoms with van der Waals surface area (Å²) < 4.78 is 10.7. The molecule has 0 aromatic heterocycles. The lowest BCUT2D eigenvalue weighted by molar-refractivity contribution is -0.141. The van der Waals surface area contributed by atoms with Gasteiger partial charge in [0.1, 0.15) is 12.1 Å². The van der Waals surface area contributed by atoms with Gasteiger partial charge in [0, 0.05) is 13.1 Å². The molecular formula is C22H29N3O5. The first-order chi connectivity index (χ1) is 14.4. The van der Waals surface area contributed by atoms with Gasteiger partial charge in [0.25, 0.3) is 5.91 Å². The molecule has 2 atom stereocenters. The second-order valence-electron chi connectivity index (χ2n) is 8.48. The van der Waals surface area contributed by atoms with Crippen LogP contribution in [0.25, 0.3) is 0 Å². The van der Waals surface area contributed by atoms with Gasteiger partial charge in [-0.3, -0.25) is 14.5 Å². The molecule has 0 bridgehead atoms. The molecule has 3 aliphatic rings. The standard InChI is InChI=1S/C22H29N3O5/c1-14-6-4-5-8-22(14)20(27)25(21(28)23-22)13-19(26)24-9-7-15-10-17(29-2)18(30-3)11-16(15)12-24/h10-11,14H,4-9,12-13H2,1-3H3,(H,23,28)/t14-,22-/m0/s1. The molecule has 2 fully saturated rings. The highest BCUT2D eigenvalue weighted by Gasteiger charge is 2.55. The van der Waals surface area contributed by atoms with E-state index in [2.05, 4.69) is 5.32 Å². The van der Waals surface area contributed by atoms with Crippen molar-refractivity contribution in [3.8, 4) is 11.5 Å². The van der Waals surface area contributed by atoms with E-state index in [0.29, 0.717) is 37.4 Å². The van der Waals surface area contributed by atoms with E-state index in [1.165, 1.54) is 0 Å². The zero-order valence-electron chi connectivity index (χ0n) is 17.8. The number of nitrogens with zero attached hydrogens (tertiary/aromatic N) is 2. The molecule has 1 N–H and O–H groups in total. The highest BCUT2D eigenvalue weighted by atomic mass is 16.5. The van der Waals surface area contributed by atoms with E-state index in [1.54, 1.807) is 19.1 Å². The third kappa shape index (κ3) is 3.28. The van der Waals surface area contributed by atoms with E-state index in [-0.39, 0.29) is 24.3 Å². The van der Waals surface area contributed by atoms with Crippen LogP contribution in [0.4, 0.5) is 4.79 Å². The van der Waals surface area contributed by atoms with Crippen LogP contribution in [0.3, 0.4) is 0 Å². The SMILES string of the molecule is COc1cc2c(cc1OC)CN(C(=O)CN1C(=O)N[C@]3(CCCC[C@@H]3C)C1=O)CC2. The molecule has 4 rings (SSSR count). The molecule has 0 radical (unpaired) electrons. The van der Waals surface area contributed by atoms with E-state index in [4.69, 9.17) is 9.47 Å². The van der Waals surface area contributed by atoms with Crippen molar-refractivity contribution in [1.29, 1.82) is 0 Å². The second kappa shape index (κ2) is 7.81. The van der Waals surface area contributed by atoms with Crippen LogP contribution in [0.1, 0.15) is 43.7 Å². The van der Waals surface area contributed by atoms with Gasteiger partial charge in [0.05, 0.1) is 14.2 Å². The van der Waals surface area contributed by atoms with Crippen LogP contribution >= 0.6 is 0 Å². The number of nitrogens with one attached hydrogen (secondary N) is 1. The minimum atomic E-state index is -0.839.